The molecule has 0 saturated heterocycles. The smallest absolute Gasteiger partial charge is 0.322 e. The van der Waals surface area contributed by atoms with Crippen molar-refractivity contribution in [1.29, 1.82) is 0 Å². The summed E-state index contributed by atoms with van der Waals surface area (Å²) in [6.07, 6.45) is 5.08. The van der Waals surface area contributed by atoms with E-state index in [1.54, 1.807) is 12.4 Å². The van der Waals surface area contributed by atoms with E-state index in [-0.39, 0.29) is 12.8 Å². The van der Waals surface area contributed by atoms with Crippen LogP contribution in [0.15, 0.2) is 43.0 Å². The van der Waals surface area contributed by atoms with Crippen molar-refractivity contribution in [3.8, 4) is 0 Å². The van der Waals surface area contributed by atoms with Gasteiger partial charge in [-0.2, -0.15) is 0 Å². The lowest BCUT2D eigenvalue weighted by Gasteiger charge is -2.18. The zero-order valence-corrected chi connectivity index (χ0v) is 17.6. The van der Waals surface area contributed by atoms with Gasteiger partial charge in [0.25, 0.3) is 0 Å². The van der Waals surface area contributed by atoms with Gasteiger partial charge in [-0.15, -0.1) is 0 Å². The minimum absolute atomic E-state index is 0.120. The number of benzene rings is 1. The van der Waals surface area contributed by atoms with E-state index in [0.29, 0.717) is 5.69 Å². The van der Waals surface area contributed by atoms with E-state index in [0.717, 1.165) is 16.5 Å². The second-order valence-corrected chi connectivity index (χ2v) is 7.40. The Balaban J connectivity index is 1.60. The van der Waals surface area contributed by atoms with E-state index >= 15 is 0 Å². The van der Waals surface area contributed by atoms with E-state index < -0.39 is 48.9 Å². The highest BCUT2D eigenvalue weighted by Crippen LogP contribution is 2.19. The number of aromatic nitrogens is 3. The van der Waals surface area contributed by atoms with Crippen molar-refractivity contribution in [2.45, 2.75) is 24.9 Å². The standard InChI is InChI=1S/C21H25N7O5/c22-15(6-13-8-23-11-27-13)20(32)25-9-18(29)28-17(21(33)26-10-19(30)31)5-12-7-24-16-4-2-1-3-14(12)16/h1-4,7-8,11,15,17,24H,5-6,9-10,22H2,(H,23,27)(H,25,32)(H,26,33)(H,28,29)(H,30,31). The number of carboxylic acid groups (broad SMARTS) is 1. The number of aliphatic carboxylic acids is 1. The van der Waals surface area contributed by atoms with Gasteiger partial charge in [-0.25, -0.2) is 4.98 Å². The number of H-pyrrole nitrogens is 2. The lowest BCUT2D eigenvalue weighted by atomic mass is 10.0. The number of nitrogens with one attached hydrogen (secondary N) is 5. The Kier molecular flexibility index (Phi) is 7.76. The van der Waals surface area contributed by atoms with Crippen molar-refractivity contribution in [3.63, 3.8) is 0 Å². The topological polar surface area (TPSA) is 195 Å². The molecule has 2 heterocycles. The third-order valence-electron chi connectivity index (χ3n) is 4.92. The highest BCUT2D eigenvalue weighted by atomic mass is 16.4. The summed E-state index contributed by atoms with van der Waals surface area (Å²) in [5, 5.41) is 17.0. The monoisotopic (exact) mass is 455 g/mol. The van der Waals surface area contributed by atoms with Crippen molar-refractivity contribution in [2.75, 3.05) is 13.1 Å². The Morgan fingerprint density at radius 1 is 1.03 bits per heavy atom. The van der Waals surface area contributed by atoms with E-state index in [4.69, 9.17) is 10.8 Å². The predicted molar refractivity (Wildman–Crippen MR) is 118 cm³/mol. The minimum atomic E-state index is -1.21. The van der Waals surface area contributed by atoms with Crippen LogP contribution in [0.3, 0.4) is 0 Å². The van der Waals surface area contributed by atoms with Gasteiger partial charge in [0.1, 0.15) is 12.6 Å². The first kappa shape index (κ1) is 23.5. The highest BCUT2D eigenvalue weighted by molar-refractivity contribution is 5.93. The van der Waals surface area contributed by atoms with Crippen LogP contribution in [-0.4, -0.2) is 68.9 Å². The number of carbonyl (C=O) groups is 4. The van der Waals surface area contributed by atoms with Crippen LogP contribution in [0.1, 0.15) is 11.3 Å². The number of hydrogen-bond donors (Lipinski definition) is 7. The van der Waals surface area contributed by atoms with Crippen LogP contribution in [0.25, 0.3) is 10.9 Å². The van der Waals surface area contributed by atoms with Crippen LogP contribution in [0.5, 0.6) is 0 Å². The minimum Gasteiger partial charge on any atom is -0.480 e. The van der Waals surface area contributed by atoms with E-state index in [1.807, 2.05) is 24.3 Å². The van der Waals surface area contributed by atoms with E-state index in [9.17, 15) is 19.2 Å². The first-order chi connectivity index (χ1) is 15.8. The summed E-state index contributed by atoms with van der Waals surface area (Å²) in [6, 6.07) is 5.52. The van der Waals surface area contributed by atoms with Crippen LogP contribution in [0, 0.1) is 0 Å². The normalized spacial score (nSPS) is 12.6. The lowest BCUT2D eigenvalue weighted by Crippen LogP contribution is -2.52. The van der Waals surface area contributed by atoms with Gasteiger partial charge in [0, 0.05) is 41.8 Å². The Hall–Kier alpha value is -4.19. The molecule has 3 amide bonds. The Morgan fingerprint density at radius 3 is 2.52 bits per heavy atom. The fourth-order valence-electron chi connectivity index (χ4n) is 3.29. The summed E-state index contributed by atoms with van der Waals surface area (Å²) < 4.78 is 0. The van der Waals surface area contributed by atoms with E-state index in [2.05, 4.69) is 30.9 Å². The van der Waals surface area contributed by atoms with Crippen LogP contribution >= 0.6 is 0 Å². The molecule has 0 radical (unpaired) electrons. The number of rotatable bonds is 11. The number of nitrogens with two attached hydrogens (primary N) is 1. The van der Waals surface area contributed by atoms with Gasteiger partial charge in [-0.3, -0.25) is 19.2 Å². The molecule has 12 nitrogen and oxygen atoms in total. The first-order valence-electron chi connectivity index (χ1n) is 10.2. The quantitative estimate of drug-likeness (QED) is 0.189. The summed E-state index contributed by atoms with van der Waals surface area (Å²) in [7, 11) is 0. The number of carbonyl (C=O) groups excluding carboxylic acids is 3. The van der Waals surface area contributed by atoms with Gasteiger partial charge in [-0.1, -0.05) is 18.2 Å². The number of para-hydroxylation sites is 1. The number of imidazole rings is 1. The van der Waals surface area contributed by atoms with E-state index in [1.165, 1.54) is 6.33 Å². The molecule has 12 heteroatoms. The molecule has 0 saturated carbocycles. The third kappa shape index (κ3) is 6.64. The molecule has 2 atom stereocenters. The molecule has 3 aromatic rings. The second kappa shape index (κ2) is 10.9. The number of amides is 3. The molecule has 0 aliphatic heterocycles. The SMILES string of the molecule is NC(Cc1cnc[nH]1)C(=O)NCC(=O)NC(Cc1c[nH]c2ccccc12)C(=O)NCC(=O)O. The van der Waals surface area contributed by atoms with Gasteiger partial charge in [-0.05, 0) is 11.6 Å². The Labute approximate surface area is 188 Å². The maximum atomic E-state index is 12.6. The zero-order chi connectivity index (χ0) is 23.8. The van der Waals surface area contributed by atoms with Crippen molar-refractivity contribution in [2.24, 2.45) is 5.73 Å². The maximum absolute atomic E-state index is 12.6. The number of carboxylic acids is 1. The second-order valence-electron chi connectivity index (χ2n) is 7.40. The molecule has 0 bridgehead atoms. The summed E-state index contributed by atoms with van der Waals surface area (Å²) in [5.41, 5.74) is 8.15. The van der Waals surface area contributed by atoms with Crippen molar-refractivity contribution in [1.82, 2.24) is 30.9 Å². The highest BCUT2D eigenvalue weighted by Gasteiger charge is 2.24. The zero-order valence-electron chi connectivity index (χ0n) is 17.6. The van der Waals surface area contributed by atoms with Crippen LogP contribution < -0.4 is 21.7 Å². The average molecular weight is 455 g/mol. The Morgan fingerprint density at radius 2 is 1.79 bits per heavy atom. The summed E-state index contributed by atoms with van der Waals surface area (Å²) in [6.45, 7) is -0.982. The fraction of sp³-hybridized carbons (Fsp3) is 0.286. The molecule has 8 N–H and O–H groups in total. The molecule has 1 aromatic carbocycles. The summed E-state index contributed by atoms with van der Waals surface area (Å²) >= 11 is 0. The Bertz CT molecular complexity index is 1130. The molecule has 0 aliphatic rings. The molecular weight excluding hydrogens is 430 g/mol. The van der Waals surface area contributed by atoms with Gasteiger partial charge in [0.15, 0.2) is 0 Å². The largest absolute Gasteiger partial charge is 0.480 e. The third-order valence-corrected chi connectivity index (χ3v) is 4.92. The van der Waals surface area contributed by atoms with Crippen molar-refractivity contribution in [3.05, 3.63) is 54.2 Å². The lowest BCUT2D eigenvalue weighted by molar-refractivity contribution is -0.138. The molecule has 0 spiro atoms. The molecule has 0 fully saturated rings. The van der Waals surface area contributed by atoms with Crippen LogP contribution in [-0.2, 0) is 32.0 Å². The van der Waals surface area contributed by atoms with Gasteiger partial charge in [0.2, 0.25) is 17.7 Å². The number of fused-ring (bicyclic) bond motifs is 1. The molecule has 174 valence electrons. The summed E-state index contributed by atoms with van der Waals surface area (Å²) in [5.74, 6) is -3.02. The van der Waals surface area contributed by atoms with Crippen LogP contribution in [0.2, 0.25) is 0 Å². The van der Waals surface area contributed by atoms with Gasteiger partial charge >= 0.3 is 5.97 Å². The molecule has 2 unspecified atom stereocenters. The fourth-order valence-corrected chi connectivity index (χ4v) is 3.29. The summed E-state index contributed by atoms with van der Waals surface area (Å²) in [4.78, 5) is 57.8. The van der Waals surface area contributed by atoms with Gasteiger partial charge < -0.3 is 36.8 Å². The number of nitrogens with zero attached hydrogens (tertiary/aromatic N) is 1. The maximum Gasteiger partial charge on any atom is 0.322 e. The molecule has 33 heavy (non-hydrogen) atoms. The predicted octanol–water partition coefficient (Wildman–Crippen LogP) is -1.19. The molecule has 3 rings (SSSR count). The number of aromatic amines is 2. The average Bonchev–Trinajstić information content (AvgIpc) is 3.45. The number of hydrogen-bond acceptors (Lipinski definition) is 6. The first-order valence-corrected chi connectivity index (χ1v) is 10.2. The molecule has 2 aromatic heterocycles. The van der Waals surface area contributed by atoms with Crippen molar-refractivity contribution < 1.29 is 24.3 Å². The van der Waals surface area contributed by atoms with Gasteiger partial charge in [0.05, 0.1) is 18.9 Å². The van der Waals surface area contributed by atoms with Crippen LogP contribution in [0.4, 0.5) is 0 Å². The molecule has 0 aliphatic carbocycles. The van der Waals surface area contributed by atoms with Crippen molar-refractivity contribution >= 4 is 34.6 Å². The molecular formula is C21H25N7O5.